The molecule has 2 aromatic carbocycles. The van der Waals surface area contributed by atoms with E-state index in [1.807, 2.05) is 12.1 Å². The molecule has 136 valence electrons. The topological polar surface area (TPSA) is 65.1 Å². The number of benzene rings is 2. The van der Waals surface area contributed by atoms with Gasteiger partial charge in [-0.25, -0.2) is 4.79 Å². The fourth-order valence-electron chi connectivity index (χ4n) is 3.14. The second-order valence-electron chi connectivity index (χ2n) is 6.02. The first-order valence-electron chi connectivity index (χ1n) is 8.28. The zero-order valence-corrected chi connectivity index (χ0v) is 15.1. The summed E-state index contributed by atoms with van der Waals surface area (Å²) in [5, 5.41) is 0. The summed E-state index contributed by atoms with van der Waals surface area (Å²) in [7, 11) is 4.52. The Hall–Kier alpha value is -3.02. The van der Waals surface area contributed by atoms with Crippen LogP contribution in [0.3, 0.4) is 0 Å². The smallest absolute Gasteiger partial charge is 0.337 e. The molecule has 26 heavy (non-hydrogen) atoms. The third-order valence-corrected chi connectivity index (χ3v) is 4.54. The molecule has 1 heterocycles. The van der Waals surface area contributed by atoms with Crippen molar-refractivity contribution in [2.45, 2.75) is 13.0 Å². The first-order chi connectivity index (χ1) is 12.6. The molecule has 0 saturated heterocycles. The largest absolute Gasteiger partial charge is 0.493 e. The van der Waals surface area contributed by atoms with E-state index in [-0.39, 0.29) is 5.91 Å². The zero-order chi connectivity index (χ0) is 18.7. The summed E-state index contributed by atoms with van der Waals surface area (Å²) in [6.45, 7) is 1.08. The highest BCUT2D eigenvalue weighted by molar-refractivity contribution is 5.98. The van der Waals surface area contributed by atoms with E-state index in [9.17, 15) is 9.59 Å². The van der Waals surface area contributed by atoms with Crippen LogP contribution in [-0.2, 0) is 17.7 Å². The fourth-order valence-corrected chi connectivity index (χ4v) is 3.14. The minimum Gasteiger partial charge on any atom is -0.493 e. The van der Waals surface area contributed by atoms with Gasteiger partial charge in [0.15, 0.2) is 11.5 Å². The van der Waals surface area contributed by atoms with Crippen molar-refractivity contribution in [1.82, 2.24) is 4.90 Å². The van der Waals surface area contributed by atoms with Crippen molar-refractivity contribution in [3.05, 3.63) is 58.7 Å². The molecule has 0 radical (unpaired) electrons. The molecule has 0 spiro atoms. The van der Waals surface area contributed by atoms with Crippen molar-refractivity contribution in [3.8, 4) is 11.5 Å². The minimum absolute atomic E-state index is 0.115. The van der Waals surface area contributed by atoms with Gasteiger partial charge >= 0.3 is 5.97 Å². The van der Waals surface area contributed by atoms with Crippen molar-refractivity contribution >= 4 is 11.9 Å². The Morgan fingerprint density at radius 3 is 2.23 bits per heavy atom. The molecule has 1 aliphatic rings. The number of ether oxygens (including phenoxy) is 3. The maximum Gasteiger partial charge on any atom is 0.337 e. The highest BCUT2D eigenvalue weighted by Crippen LogP contribution is 2.33. The van der Waals surface area contributed by atoms with E-state index in [4.69, 9.17) is 14.2 Å². The van der Waals surface area contributed by atoms with Crippen LogP contribution < -0.4 is 9.47 Å². The second-order valence-corrected chi connectivity index (χ2v) is 6.02. The van der Waals surface area contributed by atoms with Gasteiger partial charge in [-0.1, -0.05) is 6.07 Å². The van der Waals surface area contributed by atoms with Crippen molar-refractivity contribution in [1.29, 1.82) is 0 Å². The maximum absolute atomic E-state index is 12.9. The van der Waals surface area contributed by atoms with Crippen LogP contribution >= 0.6 is 0 Å². The Labute approximate surface area is 152 Å². The lowest BCUT2D eigenvalue weighted by molar-refractivity contribution is 0.0600. The van der Waals surface area contributed by atoms with Crippen LogP contribution in [0.25, 0.3) is 0 Å². The number of hydrogen-bond donors (Lipinski definition) is 0. The van der Waals surface area contributed by atoms with E-state index >= 15 is 0 Å². The van der Waals surface area contributed by atoms with Gasteiger partial charge in [0, 0.05) is 18.7 Å². The van der Waals surface area contributed by atoms with Crippen molar-refractivity contribution in [2.75, 3.05) is 27.9 Å². The first-order valence-corrected chi connectivity index (χ1v) is 8.28. The third kappa shape index (κ3) is 3.35. The fraction of sp³-hybridized carbons (Fsp3) is 0.300. The maximum atomic E-state index is 12.9. The number of carbonyl (C=O) groups is 2. The third-order valence-electron chi connectivity index (χ3n) is 4.54. The van der Waals surface area contributed by atoms with E-state index in [1.54, 1.807) is 43.4 Å². The molecule has 0 N–H and O–H groups in total. The standard InChI is InChI=1S/C20H21NO5/c1-24-17-10-13-7-8-21(12-16(13)11-18(17)25-2)19(22)14-5-4-6-15(9-14)20(23)26-3/h4-6,9-11H,7-8,12H2,1-3H3. The second kappa shape index (κ2) is 7.47. The minimum atomic E-state index is -0.458. The molecule has 0 unspecified atom stereocenters. The molecule has 1 amide bonds. The summed E-state index contributed by atoms with van der Waals surface area (Å²) >= 11 is 0. The number of carbonyl (C=O) groups excluding carboxylic acids is 2. The van der Waals surface area contributed by atoms with Crippen molar-refractivity contribution in [2.24, 2.45) is 0 Å². The van der Waals surface area contributed by atoms with E-state index in [0.29, 0.717) is 35.7 Å². The van der Waals surface area contributed by atoms with Gasteiger partial charge in [0.1, 0.15) is 0 Å². The Morgan fingerprint density at radius 2 is 1.58 bits per heavy atom. The highest BCUT2D eigenvalue weighted by atomic mass is 16.5. The van der Waals surface area contributed by atoms with E-state index < -0.39 is 5.97 Å². The summed E-state index contributed by atoms with van der Waals surface area (Å²) in [5.74, 6) is 0.765. The number of hydrogen-bond acceptors (Lipinski definition) is 5. The average Bonchev–Trinajstić information content (AvgIpc) is 2.71. The Morgan fingerprint density at radius 1 is 0.923 bits per heavy atom. The van der Waals surface area contributed by atoms with Crippen LogP contribution in [0, 0.1) is 0 Å². The molecule has 0 saturated carbocycles. The molecule has 6 nitrogen and oxygen atoms in total. The lowest BCUT2D eigenvalue weighted by Gasteiger charge is -2.29. The lowest BCUT2D eigenvalue weighted by atomic mass is 9.98. The Bertz CT molecular complexity index is 846. The van der Waals surface area contributed by atoms with Crippen LogP contribution in [0.2, 0.25) is 0 Å². The van der Waals surface area contributed by atoms with Crippen LogP contribution in [0.4, 0.5) is 0 Å². The lowest BCUT2D eigenvalue weighted by Crippen LogP contribution is -2.36. The molecule has 3 rings (SSSR count). The van der Waals surface area contributed by atoms with Crippen LogP contribution in [0.1, 0.15) is 31.8 Å². The summed E-state index contributed by atoms with van der Waals surface area (Å²) in [4.78, 5) is 26.3. The van der Waals surface area contributed by atoms with Crippen LogP contribution in [0.5, 0.6) is 11.5 Å². The number of nitrogens with zero attached hydrogens (tertiary/aromatic N) is 1. The average molecular weight is 355 g/mol. The molecule has 0 bridgehead atoms. The van der Waals surface area contributed by atoms with Gasteiger partial charge in [-0.15, -0.1) is 0 Å². The highest BCUT2D eigenvalue weighted by Gasteiger charge is 2.24. The molecule has 0 aliphatic carbocycles. The number of methoxy groups -OCH3 is 3. The molecule has 1 aliphatic heterocycles. The van der Waals surface area contributed by atoms with Crippen LogP contribution in [0.15, 0.2) is 36.4 Å². The number of rotatable bonds is 4. The SMILES string of the molecule is COC(=O)c1cccc(C(=O)N2CCc3cc(OC)c(OC)cc3C2)c1. The van der Waals surface area contributed by atoms with Crippen molar-refractivity contribution < 1.29 is 23.8 Å². The van der Waals surface area contributed by atoms with Gasteiger partial charge in [-0.2, -0.15) is 0 Å². The molecular weight excluding hydrogens is 334 g/mol. The van der Waals surface area contributed by atoms with Gasteiger partial charge in [0.25, 0.3) is 5.91 Å². The molecular formula is C20H21NO5. The summed E-state index contributed by atoms with van der Waals surface area (Å²) < 4.78 is 15.4. The first kappa shape index (κ1) is 17.8. The van der Waals surface area contributed by atoms with Crippen LogP contribution in [-0.4, -0.2) is 44.7 Å². The number of amides is 1. The molecule has 0 fully saturated rings. The Kier molecular flexibility index (Phi) is 5.11. The van der Waals surface area contributed by atoms with Gasteiger partial charge in [-0.05, 0) is 47.9 Å². The zero-order valence-electron chi connectivity index (χ0n) is 15.1. The Balaban J connectivity index is 1.84. The van der Waals surface area contributed by atoms with Gasteiger partial charge in [0.2, 0.25) is 0 Å². The molecule has 0 atom stereocenters. The number of esters is 1. The summed E-state index contributed by atoms with van der Waals surface area (Å²) in [5.41, 5.74) is 3.01. The predicted molar refractivity (Wildman–Crippen MR) is 95.8 cm³/mol. The van der Waals surface area contributed by atoms with E-state index in [0.717, 1.165) is 17.5 Å². The van der Waals surface area contributed by atoms with E-state index in [1.165, 1.54) is 7.11 Å². The van der Waals surface area contributed by atoms with Gasteiger partial charge in [-0.3, -0.25) is 4.79 Å². The van der Waals surface area contributed by atoms with E-state index in [2.05, 4.69) is 0 Å². The molecule has 0 aromatic heterocycles. The predicted octanol–water partition coefficient (Wildman–Crippen LogP) is 2.69. The van der Waals surface area contributed by atoms with Gasteiger partial charge < -0.3 is 19.1 Å². The normalized spacial score (nSPS) is 13.0. The van der Waals surface area contributed by atoms with Gasteiger partial charge in [0.05, 0.1) is 26.9 Å². The monoisotopic (exact) mass is 355 g/mol. The quantitative estimate of drug-likeness (QED) is 0.789. The number of fused-ring (bicyclic) bond motifs is 1. The molecule has 6 heteroatoms. The van der Waals surface area contributed by atoms with Crippen molar-refractivity contribution in [3.63, 3.8) is 0 Å². The summed E-state index contributed by atoms with van der Waals surface area (Å²) in [6, 6.07) is 10.5. The summed E-state index contributed by atoms with van der Waals surface area (Å²) in [6.07, 6.45) is 0.734. The molecule has 2 aromatic rings.